The van der Waals surface area contributed by atoms with Crippen molar-refractivity contribution in [2.75, 3.05) is 7.11 Å². The van der Waals surface area contributed by atoms with Gasteiger partial charge in [0.05, 0.1) is 18.7 Å². The molecule has 4 nitrogen and oxygen atoms in total. The number of methoxy groups -OCH3 is 1. The number of aliphatic hydroxyl groups excluding tert-OH is 2. The molecule has 0 aliphatic rings. The van der Waals surface area contributed by atoms with Crippen LogP contribution in [0, 0.1) is 11.3 Å². The van der Waals surface area contributed by atoms with Gasteiger partial charge in [0.15, 0.2) is 6.10 Å². The molecule has 0 saturated heterocycles. The molecule has 0 amide bonds. The van der Waals surface area contributed by atoms with Gasteiger partial charge in [-0.1, -0.05) is 6.07 Å². The zero-order valence-corrected chi connectivity index (χ0v) is 9.27. The average molecular weight is 261 g/mol. The van der Waals surface area contributed by atoms with Crippen LogP contribution < -0.4 is 4.74 Å². The van der Waals surface area contributed by atoms with Crippen molar-refractivity contribution < 1.29 is 28.1 Å². The monoisotopic (exact) mass is 261 g/mol. The largest absolute Gasteiger partial charge is 0.496 e. The van der Waals surface area contributed by atoms with Gasteiger partial charge < -0.3 is 14.9 Å². The number of nitriles is 1. The molecule has 7 heteroatoms. The standard InChI is InChI=1S/C11H10F3NO3/c1-18-9-3-2-6(10(17)8(16)5-15)4-7(9)11(12,13)14/h2-4,8,10,16-17H,1H3. The van der Waals surface area contributed by atoms with E-state index < -0.39 is 29.7 Å². The van der Waals surface area contributed by atoms with E-state index in [1.165, 1.54) is 6.07 Å². The van der Waals surface area contributed by atoms with Gasteiger partial charge in [-0.3, -0.25) is 0 Å². The Balaban J connectivity index is 3.24. The van der Waals surface area contributed by atoms with E-state index in [1.54, 1.807) is 0 Å². The second-order valence-electron chi connectivity index (χ2n) is 3.48. The van der Waals surface area contributed by atoms with E-state index in [0.717, 1.165) is 19.2 Å². The maximum atomic E-state index is 12.7. The molecule has 0 bridgehead atoms. The SMILES string of the molecule is COc1ccc(C(O)C(O)C#N)cc1C(F)(F)F. The molecule has 1 aromatic carbocycles. The number of benzene rings is 1. The van der Waals surface area contributed by atoms with Crippen LogP contribution in [0.5, 0.6) is 5.75 Å². The minimum absolute atomic E-state index is 0.211. The molecule has 1 aromatic rings. The lowest BCUT2D eigenvalue weighted by molar-refractivity contribution is -0.138. The number of ether oxygens (including phenoxy) is 1. The Bertz CT molecular complexity index is 468. The third kappa shape index (κ3) is 2.91. The highest BCUT2D eigenvalue weighted by molar-refractivity contribution is 5.40. The fraction of sp³-hybridized carbons (Fsp3) is 0.364. The van der Waals surface area contributed by atoms with Crippen LogP contribution >= 0.6 is 0 Å². The summed E-state index contributed by atoms with van der Waals surface area (Å²) < 4.78 is 42.6. The lowest BCUT2D eigenvalue weighted by Crippen LogP contribution is -2.17. The van der Waals surface area contributed by atoms with Gasteiger partial charge in [-0.2, -0.15) is 18.4 Å². The van der Waals surface area contributed by atoms with Crippen molar-refractivity contribution >= 4 is 0 Å². The molecular formula is C11H10F3NO3. The summed E-state index contributed by atoms with van der Waals surface area (Å²) in [5, 5.41) is 26.9. The van der Waals surface area contributed by atoms with E-state index in [-0.39, 0.29) is 5.56 Å². The van der Waals surface area contributed by atoms with Crippen molar-refractivity contribution in [2.24, 2.45) is 0 Å². The fourth-order valence-electron chi connectivity index (χ4n) is 1.38. The van der Waals surface area contributed by atoms with Gasteiger partial charge in [0, 0.05) is 0 Å². The van der Waals surface area contributed by atoms with Crippen LogP contribution in [0.1, 0.15) is 17.2 Å². The molecule has 2 atom stereocenters. The van der Waals surface area contributed by atoms with Crippen LogP contribution in [-0.2, 0) is 6.18 Å². The molecule has 0 spiro atoms. The molecule has 0 fully saturated rings. The summed E-state index contributed by atoms with van der Waals surface area (Å²) in [6.45, 7) is 0. The van der Waals surface area contributed by atoms with E-state index in [2.05, 4.69) is 4.74 Å². The van der Waals surface area contributed by atoms with Crippen molar-refractivity contribution in [2.45, 2.75) is 18.4 Å². The number of hydrogen-bond donors (Lipinski definition) is 2. The molecule has 0 aliphatic carbocycles. The summed E-state index contributed by atoms with van der Waals surface area (Å²) in [6, 6.07) is 4.16. The van der Waals surface area contributed by atoms with Crippen molar-refractivity contribution in [3.8, 4) is 11.8 Å². The summed E-state index contributed by atoms with van der Waals surface area (Å²) >= 11 is 0. The quantitative estimate of drug-likeness (QED) is 0.811. The predicted octanol–water partition coefficient (Wildman–Crippen LogP) is 1.63. The molecule has 0 saturated carbocycles. The third-order valence-corrected chi connectivity index (χ3v) is 2.30. The van der Waals surface area contributed by atoms with E-state index in [0.29, 0.717) is 6.07 Å². The van der Waals surface area contributed by atoms with Gasteiger partial charge >= 0.3 is 6.18 Å². The summed E-state index contributed by atoms with van der Waals surface area (Å²) in [7, 11) is 1.09. The Morgan fingerprint density at radius 1 is 1.33 bits per heavy atom. The fourth-order valence-corrected chi connectivity index (χ4v) is 1.38. The normalized spacial score (nSPS) is 14.7. The van der Waals surface area contributed by atoms with Gasteiger partial charge in [-0.05, 0) is 17.7 Å². The zero-order chi connectivity index (χ0) is 13.9. The molecule has 0 aliphatic heterocycles. The summed E-state index contributed by atoms with van der Waals surface area (Å²) in [5.74, 6) is -0.398. The number of rotatable bonds is 3. The van der Waals surface area contributed by atoms with Crippen LogP contribution in [0.2, 0.25) is 0 Å². The zero-order valence-electron chi connectivity index (χ0n) is 9.27. The highest BCUT2D eigenvalue weighted by atomic mass is 19.4. The van der Waals surface area contributed by atoms with Crippen LogP contribution in [0.3, 0.4) is 0 Å². The van der Waals surface area contributed by atoms with Crippen molar-refractivity contribution in [3.05, 3.63) is 29.3 Å². The molecule has 2 N–H and O–H groups in total. The van der Waals surface area contributed by atoms with Gasteiger partial charge in [-0.25, -0.2) is 0 Å². The van der Waals surface area contributed by atoms with E-state index in [4.69, 9.17) is 10.4 Å². The first-order chi connectivity index (χ1) is 8.31. The molecule has 2 unspecified atom stereocenters. The van der Waals surface area contributed by atoms with Gasteiger partial charge in [0.1, 0.15) is 11.9 Å². The molecule has 0 heterocycles. The van der Waals surface area contributed by atoms with Gasteiger partial charge in [-0.15, -0.1) is 0 Å². The summed E-state index contributed by atoms with van der Waals surface area (Å²) in [4.78, 5) is 0. The molecular weight excluding hydrogens is 251 g/mol. The highest BCUT2D eigenvalue weighted by Crippen LogP contribution is 2.37. The van der Waals surface area contributed by atoms with Crippen molar-refractivity contribution in [3.63, 3.8) is 0 Å². The second kappa shape index (κ2) is 5.25. The highest BCUT2D eigenvalue weighted by Gasteiger charge is 2.35. The lowest BCUT2D eigenvalue weighted by Gasteiger charge is -2.16. The molecule has 0 radical (unpaired) electrons. The van der Waals surface area contributed by atoms with E-state index in [9.17, 15) is 18.3 Å². The van der Waals surface area contributed by atoms with Gasteiger partial charge in [0.25, 0.3) is 0 Å². The lowest BCUT2D eigenvalue weighted by atomic mass is 10.0. The topological polar surface area (TPSA) is 73.5 Å². The van der Waals surface area contributed by atoms with Crippen LogP contribution in [-0.4, -0.2) is 23.4 Å². The third-order valence-electron chi connectivity index (χ3n) is 2.30. The Morgan fingerprint density at radius 2 is 1.94 bits per heavy atom. The number of hydrogen-bond acceptors (Lipinski definition) is 4. The first-order valence-electron chi connectivity index (χ1n) is 4.82. The number of alkyl halides is 3. The van der Waals surface area contributed by atoms with Gasteiger partial charge in [0.2, 0.25) is 0 Å². The molecule has 98 valence electrons. The maximum Gasteiger partial charge on any atom is 0.419 e. The van der Waals surface area contributed by atoms with Crippen molar-refractivity contribution in [1.82, 2.24) is 0 Å². The van der Waals surface area contributed by atoms with Crippen LogP contribution in [0.4, 0.5) is 13.2 Å². The van der Waals surface area contributed by atoms with Crippen LogP contribution in [0.25, 0.3) is 0 Å². The number of aliphatic hydroxyl groups is 2. The minimum Gasteiger partial charge on any atom is -0.496 e. The van der Waals surface area contributed by atoms with E-state index in [1.807, 2.05) is 0 Å². The average Bonchev–Trinajstić information content (AvgIpc) is 2.35. The predicted molar refractivity (Wildman–Crippen MR) is 54.6 cm³/mol. The Kier molecular flexibility index (Phi) is 4.16. The minimum atomic E-state index is -4.65. The smallest absolute Gasteiger partial charge is 0.419 e. The molecule has 0 aromatic heterocycles. The number of halogens is 3. The summed E-state index contributed by atoms with van der Waals surface area (Å²) in [6.07, 6.45) is -8.15. The maximum absolute atomic E-state index is 12.7. The second-order valence-corrected chi connectivity index (χ2v) is 3.48. The first-order valence-corrected chi connectivity index (χ1v) is 4.82. The van der Waals surface area contributed by atoms with Crippen LogP contribution in [0.15, 0.2) is 18.2 Å². The van der Waals surface area contributed by atoms with E-state index >= 15 is 0 Å². The number of nitrogens with zero attached hydrogens (tertiary/aromatic N) is 1. The Morgan fingerprint density at radius 3 is 2.39 bits per heavy atom. The molecule has 1 rings (SSSR count). The van der Waals surface area contributed by atoms with Crippen molar-refractivity contribution in [1.29, 1.82) is 5.26 Å². The molecule has 18 heavy (non-hydrogen) atoms. The summed E-state index contributed by atoms with van der Waals surface area (Å²) in [5.41, 5.74) is -1.29. The Labute approximate surface area is 101 Å². The Hall–Kier alpha value is -1.78. The first kappa shape index (κ1) is 14.3.